The zero-order chi connectivity index (χ0) is 13.8. The third-order valence-electron chi connectivity index (χ3n) is 2.48. The van der Waals surface area contributed by atoms with Gasteiger partial charge >= 0.3 is 0 Å². The predicted octanol–water partition coefficient (Wildman–Crippen LogP) is 2.85. The highest BCUT2D eigenvalue weighted by Crippen LogP contribution is 2.16. The Bertz CT molecular complexity index is 614. The summed E-state index contributed by atoms with van der Waals surface area (Å²) in [5.74, 6) is -1.93. The van der Waals surface area contributed by atoms with Crippen LogP contribution in [0.3, 0.4) is 0 Å². The standard InChI is InChI=1S/C14H11F2NO2/c15-10-4-5-13(12(16)8-10)17-14(19)7-9-2-1-3-11(18)6-9/h1-6,8,18H,7H2,(H,17,19). The van der Waals surface area contributed by atoms with Crippen LogP contribution in [0.4, 0.5) is 14.5 Å². The minimum absolute atomic E-state index is 0.00871. The van der Waals surface area contributed by atoms with Crippen LogP contribution in [0.1, 0.15) is 5.56 Å². The highest BCUT2D eigenvalue weighted by Gasteiger charge is 2.09. The molecule has 0 aromatic heterocycles. The molecule has 0 fully saturated rings. The number of nitrogens with one attached hydrogen (secondary N) is 1. The number of hydrogen-bond donors (Lipinski definition) is 2. The quantitative estimate of drug-likeness (QED) is 0.894. The van der Waals surface area contributed by atoms with Crippen molar-refractivity contribution in [3.05, 3.63) is 59.7 Å². The van der Waals surface area contributed by atoms with Crippen molar-refractivity contribution in [3.63, 3.8) is 0 Å². The Balaban J connectivity index is 2.05. The molecule has 2 aromatic carbocycles. The van der Waals surface area contributed by atoms with Gasteiger partial charge < -0.3 is 10.4 Å². The number of carbonyl (C=O) groups excluding carboxylic acids is 1. The maximum absolute atomic E-state index is 13.3. The first-order chi connectivity index (χ1) is 9.04. The van der Waals surface area contributed by atoms with Crippen LogP contribution < -0.4 is 5.32 Å². The number of carbonyl (C=O) groups is 1. The van der Waals surface area contributed by atoms with Crippen molar-refractivity contribution < 1.29 is 18.7 Å². The summed E-state index contributed by atoms with van der Waals surface area (Å²) in [4.78, 5) is 11.7. The molecule has 98 valence electrons. The van der Waals surface area contributed by atoms with E-state index >= 15 is 0 Å². The summed E-state index contributed by atoms with van der Waals surface area (Å²) < 4.78 is 26.0. The third-order valence-corrected chi connectivity index (χ3v) is 2.48. The molecule has 0 saturated heterocycles. The van der Waals surface area contributed by atoms with Crippen molar-refractivity contribution in [2.75, 3.05) is 5.32 Å². The van der Waals surface area contributed by atoms with E-state index in [1.165, 1.54) is 12.1 Å². The monoisotopic (exact) mass is 263 g/mol. The minimum Gasteiger partial charge on any atom is -0.508 e. The van der Waals surface area contributed by atoms with E-state index in [1.54, 1.807) is 12.1 Å². The molecular formula is C14H11F2NO2. The molecule has 0 aliphatic heterocycles. The number of anilines is 1. The Kier molecular flexibility index (Phi) is 3.75. The molecule has 2 N–H and O–H groups in total. The summed E-state index contributed by atoms with van der Waals surface area (Å²) in [5.41, 5.74) is 0.520. The van der Waals surface area contributed by atoms with Gasteiger partial charge in [0, 0.05) is 6.07 Å². The van der Waals surface area contributed by atoms with Gasteiger partial charge in [0.05, 0.1) is 12.1 Å². The summed E-state index contributed by atoms with van der Waals surface area (Å²) in [6, 6.07) is 9.13. The molecule has 2 aromatic rings. The summed E-state index contributed by atoms with van der Waals surface area (Å²) in [6.45, 7) is 0. The molecule has 0 aliphatic rings. The lowest BCUT2D eigenvalue weighted by Gasteiger charge is -2.06. The number of phenols is 1. The second-order valence-corrected chi connectivity index (χ2v) is 4.02. The van der Waals surface area contributed by atoms with Gasteiger partial charge in [0.2, 0.25) is 5.91 Å². The average Bonchev–Trinajstić information content (AvgIpc) is 2.33. The average molecular weight is 263 g/mol. The molecule has 0 spiro atoms. The van der Waals surface area contributed by atoms with E-state index < -0.39 is 17.5 Å². The molecular weight excluding hydrogens is 252 g/mol. The van der Waals surface area contributed by atoms with Gasteiger partial charge in [-0.05, 0) is 29.8 Å². The number of hydrogen-bond acceptors (Lipinski definition) is 2. The van der Waals surface area contributed by atoms with Gasteiger partial charge in [-0.15, -0.1) is 0 Å². The van der Waals surface area contributed by atoms with Gasteiger partial charge in [-0.2, -0.15) is 0 Å². The van der Waals surface area contributed by atoms with Crippen molar-refractivity contribution >= 4 is 11.6 Å². The van der Waals surface area contributed by atoms with Crippen LogP contribution in [0, 0.1) is 11.6 Å². The SMILES string of the molecule is O=C(Cc1cccc(O)c1)Nc1ccc(F)cc1F. The maximum Gasteiger partial charge on any atom is 0.228 e. The van der Waals surface area contributed by atoms with Gasteiger partial charge in [-0.3, -0.25) is 4.79 Å². The first-order valence-electron chi connectivity index (χ1n) is 5.57. The number of aromatic hydroxyl groups is 1. The van der Waals surface area contributed by atoms with Gasteiger partial charge in [-0.25, -0.2) is 8.78 Å². The summed E-state index contributed by atoms with van der Waals surface area (Å²) in [6.07, 6.45) is -0.00871. The van der Waals surface area contributed by atoms with Crippen LogP contribution >= 0.6 is 0 Å². The lowest BCUT2D eigenvalue weighted by atomic mass is 10.1. The van der Waals surface area contributed by atoms with E-state index in [0.29, 0.717) is 11.6 Å². The van der Waals surface area contributed by atoms with E-state index in [1.807, 2.05) is 0 Å². The second-order valence-electron chi connectivity index (χ2n) is 4.02. The predicted molar refractivity (Wildman–Crippen MR) is 66.8 cm³/mol. The fourth-order valence-corrected chi connectivity index (χ4v) is 1.64. The summed E-state index contributed by atoms with van der Waals surface area (Å²) in [7, 11) is 0. The largest absolute Gasteiger partial charge is 0.508 e. The lowest BCUT2D eigenvalue weighted by Crippen LogP contribution is -2.15. The number of rotatable bonds is 3. The zero-order valence-electron chi connectivity index (χ0n) is 9.86. The molecule has 1 amide bonds. The first kappa shape index (κ1) is 13.0. The van der Waals surface area contributed by atoms with Gasteiger partial charge in [0.25, 0.3) is 0 Å². The fourth-order valence-electron chi connectivity index (χ4n) is 1.64. The van der Waals surface area contributed by atoms with E-state index in [4.69, 9.17) is 0 Å². The normalized spacial score (nSPS) is 10.2. The molecule has 5 heteroatoms. The first-order valence-corrected chi connectivity index (χ1v) is 5.57. The lowest BCUT2D eigenvalue weighted by molar-refractivity contribution is -0.115. The van der Waals surface area contributed by atoms with Crippen LogP contribution in [0.2, 0.25) is 0 Å². The second kappa shape index (κ2) is 5.48. The molecule has 19 heavy (non-hydrogen) atoms. The Labute approximate surface area is 108 Å². The van der Waals surface area contributed by atoms with Gasteiger partial charge in [-0.1, -0.05) is 12.1 Å². The molecule has 3 nitrogen and oxygen atoms in total. The van der Waals surface area contributed by atoms with Crippen molar-refractivity contribution in [2.24, 2.45) is 0 Å². The summed E-state index contributed by atoms with van der Waals surface area (Å²) in [5, 5.41) is 11.6. The number of amides is 1. The topological polar surface area (TPSA) is 49.3 Å². The zero-order valence-corrected chi connectivity index (χ0v) is 9.86. The highest BCUT2D eigenvalue weighted by atomic mass is 19.1. The highest BCUT2D eigenvalue weighted by molar-refractivity contribution is 5.92. The van der Waals surface area contributed by atoms with Crippen molar-refractivity contribution in [3.8, 4) is 5.75 Å². The van der Waals surface area contributed by atoms with Crippen molar-refractivity contribution in [1.29, 1.82) is 0 Å². The Morgan fingerprint density at radius 1 is 1.16 bits per heavy atom. The number of halogens is 2. The van der Waals surface area contributed by atoms with Gasteiger partial charge in [0.15, 0.2) is 0 Å². The van der Waals surface area contributed by atoms with Crippen LogP contribution in [0.15, 0.2) is 42.5 Å². The van der Waals surface area contributed by atoms with Crippen LogP contribution in [-0.4, -0.2) is 11.0 Å². The van der Waals surface area contributed by atoms with E-state index in [9.17, 15) is 18.7 Å². The number of phenolic OH excluding ortho intramolecular Hbond substituents is 1. The smallest absolute Gasteiger partial charge is 0.228 e. The maximum atomic E-state index is 13.3. The van der Waals surface area contributed by atoms with Gasteiger partial charge in [0.1, 0.15) is 17.4 Å². The molecule has 0 saturated carbocycles. The van der Waals surface area contributed by atoms with Crippen LogP contribution in [0.5, 0.6) is 5.75 Å². The van der Waals surface area contributed by atoms with E-state index in [-0.39, 0.29) is 17.9 Å². The molecule has 0 radical (unpaired) electrons. The Morgan fingerprint density at radius 2 is 1.95 bits per heavy atom. The molecule has 2 rings (SSSR count). The molecule has 0 atom stereocenters. The molecule has 0 heterocycles. The number of benzene rings is 2. The Hall–Kier alpha value is -2.43. The third kappa shape index (κ3) is 3.51. The minimum atomic E-state index is -0.829. The molecule has 0 unspecified atom stereocenters. The van der Waals surface area contributed by atoms with Crippen LogP contribution in [-0.2, 0) is 11.2 Å². The van der Waals surface area contributed by atoms with E-state index in [2.05, 4.69) is 5.32 Å². The fraction of sp³-hybridized carbons (Fsp3) is 0.0714. The van der Waals surface area contributed by atoms with Crippen molar-refractivity contribution in [2.45, 2.75) is 6.42 Å². The Morgan fingerprint density at radius 3 is 2.63 bits per heavy atom. The van der Waals surface area contributed by atoms with Crippen LogP contribution in [0.25, 0.3) is 0 Å². The van der Waals surface area contributed by atoms with Crippen molar-refractivity contribution in [1.82, 2.24) is 0 Å². The molecule has 0 bridgehead atoms. The van der Waals surface area contributed by atoms with E-state index in [0.717, 1.165) is 12.1 Å². The summed E-state index contributed by atoms with van der Waals surface area (Å²) >= 11 is 0. The molecule has 0 aliphatic carbocycles.